The maximum atomic E-state index is 10.2. The number of halogens is 2. The normalized spacial score (nSPS) is 12.5. The van der Waals surface area contributed by atoms with Gasteiger partial charge in [0.05, 0.1) is 0 Å². The quantitative estimate of drug-likeness (QED) is 0.866. The molecule has 1 atom stereocenters. The van der Waals surface area contributed by atoms with Gasteiger partial charge in [-0.2, -0.15) is 0 Å². The largest absolute Gasteiger partial charge is 0.384 e. The van der Waals surface area contributed by atoms with Crippen LogP contribution in [0.1, 0.15) is 22.8 Å². The van der Waals surface area contributed by atoms with Crippen LogP contribution in [0.15, 0.2) is 46.9 Å². The monoisotopic (exact) mass is 310 g/mol. The van der Waals surface area contributed by atoms with Crippen molar-refractivity contribution in [1.82, 2.24) is 0 Å². The molecule has 88 valence electrons. The van der Waals surface area contributed by atoms with Crippen LogP contribution in [0.5, 0.6) is 0 Å². The predicted octanol–water partition coefficient (Wildman–Crippen LogP) is 4.49. The average Bonchev–Trinajstić information content (AvgIpc) is 2.33. The van der Waals surface area contributed by atoms with E-state index in [-0.39, 0.29) is 0 Å². The van der Waals surface area contributed by atoms with Crippen LogP contribution < -0.4 is 0 Å². The standard InChI is InChI=1S/C14H12BrClO/c1-9-8-11(4-7-13(9)16)14(17)10-2-5-12(15)6-3-10/h2-8,14,17H,1H3. The van der Waals surface area contributed by atoms with E-state index in [2.05, 4.69) is 15.9 Å². The minimum atomic E-state index is -0.612. The third-order valence-electron chi connectivity index (χ3n) is 2.68. The Morgan fingerprint density at radius 2 is 1.65 bits per heavy atom. The highest BCUT2D eigenvalue weighted by atomic mass is 79.9. The summed E-state index contributed by atoms with van der Waals surface area (Å²) in [5.41, 5.74) is 2.70. The van der Waals surface area contributed by atoms with Gasteiger partial charge in [0.2, 0.25) is 0 Å². The Morgan fingerprint density at radius 1 is 1.06 bits per heavy atom. The molecule has 2 rings (SSSR count). The van der Waals surface area contributed by atoms with Gasteiger partial charge in [-0.1, -0.05) is 51.8 Å². The molecule has 2 aromatic carbocycles. The highest BCUT2D eigenvalue weighted by Crippen LogP contribution is 2.26. The molecule has 3 heteroatoms. The zero-order valence-electron chi connectivity index (χ0n) is 9.32. The molecule has 0 radical (unpaired) electrons. The Morgan fingerprint density at radius 3 is 2.24 bits per heavy atom. The first kappa shape index (κ1) is 12.6. The van der Waals surface area contributed by atoms with E-state index in [9.17, 15) is 5.11 Å². The lowest BCUT2D eigenvalue weighted by molar-refractivity contribution is 0.220. The number of benzene rings is 2. The van der Waals surface area contributed by atoms with Crippen LogP contribution in [0, 0.1) is 6.92 Å². The molecular weight excluding hydrogens is 300 g/mol. The van der Waals surface area contributed by atoms with Crippen LogP contribution in [0.3, 0.4) is 0 Å². The smallest absolute Gasteiger partial charge is 0.104 e. The molecule has 0 bridgehead atoms. The molecule has 0 spiro atoms. The van der Waals surface area contributed by atoms with Crippen molar-refractivity contribution in [2.24, 2.45) is 0 Å². The van der Waals surface area contributed by atoms with E-state index in [0.717, 1.165) is 26.2 Å². The van der Waals surface area contributed by atoms with Crippen LogP contribution in [0.4, 0.5) is 0 Å². The minimum absolute atomic E-state index is 0.612. The Kier molecular flexibility index (Phi) is 3.87. The average molecular weight is 312 g/mol. The number of rotatable bonds is 2. The van der Waals surface area contributed by atoms with Crippen LogP contribution in [0.25, 0.3) is 0 Å². The highest BCUT2D eigenvalue weighted by Gasteiger charge is 2.11. The van der Waals surface area contributed by atoms with Crippen molar-refractivity contribution >= 4 is 27.5 Å². The second kappa shape index (κ2) is 5.21. The van der Waals surface area contributed by atoms with Gasteiger partial charge in [0, 0.05) is 9.50 Å². The van der Waals surface area contributed by atoms with Gasteiger partial charge in [0.15, 0.2) is 0 Å². The lowest BCUT2D eigenvalue weighted by atomic mass is 10.0. The van der Waals surface area contributed by atoms with E-state index in [0.29, 0.717) is 0 Å². The first-order valence-corrected chi connectivity index (χ1v) is 6.44. The summed E-state index contributed by atoms with van der Waals surface area (Å²) in [6, 6.07) is 13.2. The molecule has 2 aromatic rings. The maximum Gasteiger partial charge on any atom is 0.104 e. The summed E-state index contributed by atoms with van der Waals surface area (Å²) in [7, 11) is 0. The number of aliphatic hydroxyl groups is 1. The molecule has 0 amide bonds. The van der Waals surface area contributed by atoms with E-state index < -0.39 is 6.10 Å². The highest BCUT2D eigenvalue weighted by molar-refractivity contribution is 9.10. The van der Waals surface area contributed by atoms with Crippen molar-refractivity contribution in [2.45, 2.75) is 13.0 Å². The van der Waals surface area contributed by atoms with Crippen molar-refractivity contribution in [2.75, 3.05) is 0 Å². The number of hydrogen-bond donors (Lipinski definition) is 1. The molecule has 0 aromatic heterocycles. The lowest BCUT2D eigenvalue weighted by Gasteiger charge is -2.12. The molecule has 17 heavy (non-hydrogen) atoms. The first-order valence-electron chi connectivity index (χ1n) is 5.27. The second-order valence-corrected chi connectivity index (χ2v) is 5.29. The molecule has 0 aliphatic rings. The molecule has 0 aliphatic carbocycles. The fourth-order valence-corrected chi connectivity index (χ4v) is 2.06. The molecule has 1 N–H and O–H groups in total. The fourth-order valence-electron chi connectivity index (χ4n) is 1.68. The van der Waals surface area contributed by atoms with Gasteiger partial charge in [0.1, 0.15) is 6.10 Å². The summed E-state index contributed by atoms with van der Waals surface area (Å²) in [4.78, 5) is 0. The maximum absolute atomic E-state index is 10.2. The minimum Gasteiger partial charge on any atom is -0.384 e. The third kappa shape index (κ3) is 2.89. The van der Waals surface area contributed by atoms with Crippen molar-refractivity contribution in [3.8, 4) is 0 Å². The van der Waals surface area contributed by atoms with E-state index in [1.807, 2.05) is 49.4 Å². The van der Waals surface area contributed by atoms with Crippen molar-refractivity contribution < 1.29 is 5.11 Å². The van der Waals surface area contributed by atoms with Gasteiger partial charge >= 0.3 is 0 Å². The third-order valence-corrected chi connectivity index (χ3v) is 3.64. The molecule has 0 fully saturated rings. The molecule has 1 unspecified atom stereocenters. The van der Waals surface area contributed by atoms with E-state index in [1.54, 1.807) is 0 Å². The van der Waals surface area contributed by atoms with Gasteiger partial charge in [0.25, 0.3) is 0 Å². The number of aryl methyl sites for hydroxylation is 1. The predicted molar refractivity (Wildman–Crippen MR) is 74.4 cm³/mol. The van der Waals surface area contributed by atoms with Gasteiger partial charge in [-0.05, 0) is 41.8 Å². The number of hydrogen-bond acceptors (Lipinski definition) is 1. The first-order chi connectivity index (χ1) is 8.08. The molecule has 0 saturated heterocycles. The van der Waals surface area contributed by atoms with Gasteiger partial charge < -0.3 is 5.11 Å². The molecule has 0 heterocycles. The van der Waals surface area contributed by atoms with Gasteiger partial charge in [-0.25, -0.2) is 0 Å². The topological polar surface area (TPSA) is 20.2 Å². The SMILES string of the molecule is Cc1cc(C(O)c2ccc(Br)cc2)ccc1Cl. The summed E-state index contributed by atoms with van der Waals surface area (Å²) in [6.07, 6.45) is -0.612. The van der Waals surface area contributed by atoms with Crippen molar-refractivity contribution in [3.63, 3.8) is 0 Å². The summed E-state index contributed by atoms with van der Waals surface area (Å²) < 4.78 is 1.00. The van der Waals surface area contributed by atoms with Gasteiger partial charge in [-0.15, -0.1) is 0 Å². The second-order valence-electron chi connectivity index (χ2n) is 3.96. The molecule has 1 nitrogen and oxygen atoms in total. The lowest BCUT2D eigenvalue weighted by Crippen LogP contribution is -1.99. The summed E-state index contributed by atoms with van der Waals surface area (Å²) in [5.74, 6) is 0. The van der Waals surface area contributed by atoms with E-state index in [4.69, 9.17) is 11.6 Å². The van der Waals surface area contributed by atoms with Crippen molar-refractivity contribution in [1.29, 1.82) is 0 Å². The van der Waals surface area contributed by atoms with E-state index in [1.165, 1.54) is 0 Å². The van der Waals surface area contributed by atoms with E-state index >= 15 is 0 Å². The summed E-state index contributed by atoms with van der Waals surface area (Å²) in [5, 5.41) is 11.0. The fraction of sp³-hybridized carbons (Fsp3) is 0.143. The molecule has 0 aliphatic heterocycles. The Labute approximate surface area is 114 Å². The van der Waals surface area contributed by atoms with Crippen LogP contribution >= 0.6 is 27.5 Å². The molecular formula is C14H12BrClO. The summed E-state index contributed by atoms with van der Waals surface area (Å²) in [6.45, 7) is 1.93. The van der Waals surface area contributed by atoms with Crippen LogP contribution in [-0.4, -0.2) is 5.11 Å². The summed E-state index contributed by atoms with van der Waals surface area (Å²) >= 11 is 9.34. The van der Waals surface area contributed by atoms with Gasteiger partial charge in [-0.3, -0.25) is 0 Å². The van der Waals surface area contributed by atoms with Crippen molar-refractivity contribution in [3.05, 3.63) is 68.7 Å². The zero-order valence-corrected chi connectivity index (χ0v) is 11.7. The Hall–Kier alpha value is -0.830. The Balaban J connectivity index is 2.33. The van der Waals surface area contributed by atoms with Crippen LogP contribution in [0.2, 0.25) is 5.02 Å². The Bertz CT molecular complexity index is 522. The molecule has 0 saturated carbocycles. The van der Waals surface area contributed by atoms with Crippen LogP contribution in [-0.2, 0) is 0 Å². The zero-order chi connectivity index (χ0) is 12.4. The number of aliphatic hydroxyl groups excluding tert-OH is 1.